The molecule has 88 valence electrons. The minimum absolute atomic E-state index is 0.105. The molecule has 0 aromatic carbocycles. The van der Waals surface area contributed by atoms with Crippen LogP contribution in [0, 0.1) is 11.8 Å². The largest absolute Gasteiger partial charge is 0.350 e. The first kappa shape index (κ1) is 11.1. The van der Waals surface area contributed by atoms with Crippen LogP contribution in [0.15, 0.2) is 12.3 Å². The van der Waals surface area contributed by atoms with Crippen molar-refractivity contribution in [2.24, 2.45) is 18.9 Å². The average Bonchev–Trinajstić information content (AvgIpc) is 2.84. The smallest absolute Gasteiger partial charge is 0.225 e. The molecule has 0 bridgehead atoms. The number of hydrogen-bond acceptors (Lipinski definition) is 3. The summed E-state index contributed by atoms with van der Waals surface area (Å²) in [6, 6.07) is 1.91. The van der Waals surface area contributed by atoms with Crippen LogP contribution < -0.4 is 10.6 Å². The van der Waals surface area contributed by atoms with Crippen molar-refractivity contribution in [3.05, 3.63) is 18.0 Å². The Labute approximate surface area is 95.2 Å². The van der Waals surface area contributed by atoms with E-state index < -0.39 is 0 Å². The van der Waals surface area contributed by atoms with E-state index in [-0.39, 0.29) is 11.8 Å². The summed E-state index contributed by atoms with van der Waals surface area (Å²) in [5.41, 5.74) is 1.02. The van der Waals surface area contributed by atoms with Gasteiger partial charge in [0.15, 0.2) is 0 Å². The van der Waals surface area contributed by atoms with E-state index in [4.69, 9.17) is 0 Å². The van der Waals surface area contributed by atoms with Gasteiger partial charge in [0, 0.05) is 19.8 Å². The Hall–Kier alpha value is -1.36. The lowest BCUT2D eigenvalue weighted by molar-refractivity contribution is -0.125. The molecule has 1 amide bonds. The maximum absolute atomic E-state index is 11.9. The SMILES string of the molecule is C[C@@H]1CNC[C@H]1C(=O)NCc1ccnn1C. The van der Waals surface area contributed by atoms with Gasteiger partial charge in [-0.3, -0.25) is 9.48 Å². The Morgan fingerprint density at radius 2 is 2.50 bits per heavy atom. The van der Waals surface area contributed by atoms with E-state index >= 15 is 0 Å². The molecule has 0 spiro atoms. The Kier molecular flexibility index (Phi) is 3.24. The maximum atomic E-state index is 11.9. The first-order valence-electron chi connectivity index (χ1n) is 5.64. The highest BCUT2D eigenvalue weighted by atomic mass is 16.1. The third-order valence-corrected chi connectivity index (χ3v) is 3.22. The van der Waals surface area contributed by atoms with Crippen molar-refractivity contribution in [3.63, 3.8) is 0 Å². The molecule has 5 nitrogen and oxygen atoms in total. The lowest BCUT2D eigenvalue weighted by atomic mass is 9.97. The van der Waals surface area contributed by atoms with Gasteiger partial charge in [0.25, 0.3) is 0 Å². The van der Waals surface area contributed by atoms with Gasteiger partial charge in [-0.1, -0.05) is 6.92 Å². The van der Waals surface area contributed by atoms with E-state index in [1.807, 2.05) is 13.1 Å². The summed E-state index contributed by atoms with van der Waals surface area (Å²) >= 11 is 0. The molecule has 0 unspecified atom stereocenters. The molecular formula is C11H18N4O. The Morgan fingerprint density at radius 1 is 1.69 bits per heavy atom. The van der Waals surface area contributed by atoms with Crippen molar-refractivity contribution in [2.45, 2.75) is 13.5 Å². The molecule has 0 radical (unpaired) electrons. The van der Waals surface area contributed by atoms with E-state index in [0.717, 1.165) is 18.8 Å². The second-order valence-corrected chi connectivity index (χ2v) is 4.41. The van der Waals surface area contributed by atoms with Gasteiger partial charge in [0.1, 0.15) is 0 Å². The highest BCUT2D eigenvalue weighted by Gasteiger charge is 2.29. The number of amides is 1. The van der Waals surface area contributed by atoms with Crippen LogP contribution >= 0.6 is 0 Å². The first-order chi connectivity index (χ1) is 7.68. The fourth-order valence-corrected chi connectivity index (χ4v) is 2.04. The average molecular weight is 222 g/mol. The van der Waals surface area contributed by atoms with Gasteiger partial charge in [-0.05, 0) is 18.5 Å². The first-order valence-corrected chi connectivity index (χ1v) is 5.64. The molecule has 0 aliphatic carbocycles. The van der Waals surface area contributed by atoms with E-state index in [1.54, 1.807) is 10.9 Å². The van der Waals surface area contributed by atoms with Crippen molar-refractivity contribution in [3.8, 4) is 0 Å². The van der Waals surface area contributed by atoms with Gasteiger partial charge in [0.05, 0.1) is 18.2 Å². The number of rotatable bonds is 3. The van der Waals surface area contributed by atoms with Gasteiger partial charge in [0.2, 0.25) is 5.91 Å². The van der Waals surface area contributed by atoms with E-state index in [1.165, 1.54) is 0 Å². The summed E-state index contributed by atoms with van der Waals surface area (Å²) in [7, 11) is 1.88. The summed E-state index contributed by atoms with van der Waals surface area (Å²) in [4.78, 5) is 11.9. The van der Waals surface area contributed by atoms with Gasteiger partial charge in [-0.25, -0.2) is 0 Å². The molecule has 2 heterocycles. The summed E-state index contributed by atoms with van der Waals surface area (Å²) < 4.78 is 1.77. The maximum Gasteiger partial charge on any atom is 0.225 e. The summed E-state index contributed by atoms with van der Waals surface area (Å²) in [5.74, 6) is 0.665. The number of nitrogens with zero attached hydrogens (tertiary/aromatic N) is 2. The number of carbonyl (C=O) groups excluding carboxylic acids is 1. The van der Waals surface area contributed by atoms with Crippen LogP contribution in [0.1, 0.15) is 12.6 Å². The molecule has 1 aromatic rings. The summed E-state index contributed by atoms with van der Waals surface area (Å²) in [6.45, 7) is 4.38. The summed E-state index contributed by atoms with van der Waals surface area (Å²) in [6.07, 6.45) is 1.74. The molecule has 1 aromatic heterocycles. The zero-order chi connectivity index (χ0) is 11.5. The Bertz CT molecular complexity index is 374. The third kappa shape index (κ3) is 2.24. The lowest BCUT2D eigenvalue weighted by Crippen LogP contribution is -2.34. The Balaban J connectivity index is 1.86. The molecule has 2 atom stereocenters. The van der Waals surface area contributed by atoms with Crippen LogP contribution in [0.2, 0.25) is 0 Å². The van der Waals surface area contributed by atoms with Gasteiger partial charge in [-0.15, -0.1) is 0 Å². The molecule has 1 aliphatic heterocycles. The van der Waals surface area contributed by atoms with Crippen LogP contribution in [-0.2, 0) is 18.4 Å². The minimum Gasteiger partial charge on any atom is -0.350 e. The minimum atomic E-state index is 0.105. The molecular weight excluding hydrogens is 204 g/mol. The number of aromatic nitrogens is 2. The van der Waals surface area contributed by atoms with Crippen LogP contribution in [0.25, 0.3) is 0 Å². The standard InChI is InChI=1S/C11H18N4O/c1-8-5-12-7-10(8)11(16)13-6-9-3-4-14-15(9)2/h3-4,8,10,12H,5-7H2,1-2H3,(H,13,16)/t8-,10-/m1/s1. The number of carbonyl (C=O) groups is 1. The zero-order valence-corrected chi connectivity index (χ0v) is 9.73. The normalized spacial score (nSPS) is 24.6. The second kappa shape index (κ2) is 4.65. The van der Waals surface area contributed by atoms with Crippen molar-refractivity contribution in [2.75, 3.05) is 13.1 Å². The van der Waals surface area contributed by atoms with Crippen molar-refractivity contribution < 1.29 is 4.79 Å². The molecule has 1 aliphatic rings. The van der Waals surface area contributed by atoms with Crippen molar-refractivity contribution in [1.82, 2.24) is 20.4 Å². The predicted octanol–water partition coefficient (Wildman–Crippen LogP) is -0.108. The van der Waals surface area contributed by atoms with Crippen LogP contribution in [0.4, 0.5) is 0 Å². The van der Waals surface area contributed by atoms with Crippen molar-refractivity contribution >= 4 is 5.91 Å². The molecule has 2 N–H and O–H groups in total. The number of nitrogens with one attached hydrogen (secondary N) is 2. The van der Waals surface area contributed by atoms with Crippen LogP contribution in [0.3, 0.4) is 0 Å². The quantitative estimate of drug-likeness (QED) is 0.750. The fraction of sp³-hybridized carbons (Fsp3) is 0.636. The fourth-order valence-electron chi connectivity index (χ4n) is 2.04. The highest BCUT2D eigenvalue weighted by molar-refractivity contribution is 5.79. The van der Waals surface area contributed by atoms with Gasteiger partial charge in [-0.2, -0.15) is 5.10 Å². The predicted molar refractivity (Wildman–Crippen MR) is 60.6 cm³/mol. The number of aryl methyl sites for hydroxylation is 1. The number of hydrogen-bond donors (Lipinski definition) is 2. The molecule has 1 saturated heterocycles. The second-order valence-electron chi connectivity index (χ2n) is 4.41. The molecule has 0 saturated carbocycles. The van der Waals surface area contributed by atoms with E-state index in [9.17, 15) is 4.79 Å². The van der Waals surface area contributed by atoms with Crippen LogP contribution in [0.5, 0.6) is 0 Å². The van der Waals surface area contributed by atoms with E-state index in [0.29, 0.717) is 12.5 Å². The third-order valence-electron chi connectivity index (χ3n) is 3.22. The molecule has 2 rings (SSSR count). The zero-order valence-electron chi connectivity index (χ0n) is 9.73. The topological polar surface area (TPSA) is 59.0 Å². The van der Waals surface area contributed by atoms with Crippen molar-refractivity contribution in [1.29, 1.82) is 0 Å². The van der Waals surface area contributed by atoms with E-state index in [2.05, 4.69) is 22.7 Å². The molecule has 16 heavy (non-hydrogen) atoms. The molecule has 5 heteroatoms. The lowest BCUT2D eigenvalue weighted by Gasteiger charge is -2.14. The summed E-state index contributed by atoms with van der Waals surface area (Å²) in [5, 5.41) is 10.2. The highest BCUT2D eigenvalue weighted by Crippen LogP contribution is 2.15. The Morgan fingerprint density at radius 3 is 3.06 bits per heavy atom. The molecule has 1 fully saturated rings. The van der Waals surface area contributed by atoms with Gasteiger partial charge < -0.3 is 10.6 Å². The monoisotopic (exact) mass is 222 g/mol. The van der Waals surface area contributed by atoms with Gasteiger partial charge >= 0.3 is 0 Å². The van der Waals surface area contributed by atoms with Crippen LogP contribution in [-0.4, -0.2) is 28.8 Å².